The van der Waals surface area contributed by atoms with Crippen LogP contribution in [0.2, 0.25) is 0 Å². The van der Waals surface area contributed by atoms with Gasteiger partial charge >= 0.3 is 0 Å². The van der Waals surface area contributed by atoms with Gasteiger partial charge in [0.25, 0.3) is 0 Å². The third-order valence-electron chi connectivity index (χ3n) is 2.79. The Kier molecular flexibility index (Phi) is 1.87. The molecule has 2 rings (SSSR count). The zero-order valence-corrected chi connectivity index (χ0v) is 7.10. The molecule has 3 heteroatoms. The number of nitrogens with one attached hydrogen (secondary N) is 1. The molecule has 3 nitrogen and oxygen atoms in total. The average molecular weight is 156 g/mol. The lowest BCUT2D eigenvalue weighted by Crippen LogP contribution is -2.56. The van der Waals surface area contributed by atoms with Crippen LogP contribution >= 0.6 is 0 Å². The maximum atomic E-state index is 5.25. The Hall–Kier alpha value is -0.120. The van der Waals surface area contributed by atoms with Gasteiger partial charge in [-0.05, 0) is 19.9 Å². The molecule has 0 saturated carbocycles. The zero-order chi connectivity index (χ0) is 7.73. The fourth-order valence-corrected chi connectivity index (χ4v) is 2.03. The summed E-state index contributed by atoms with van der Waals surface area (Å²) in [6.07, 6.45) is 2.66. The van der Waals surface area contributed by atoms with Gasteiger partial charge in [-0.25, -0.2) is 5.01 Å². The fourth-order valence-electron chi connectivity index (χ4n) is 2.03. The second-order valence-electron chi connectivity index (χ2n) is 3.74. The minimum atomic E-state index is 0.515. The average Bonchev–Trinajstić information content (AvgIpc) is 2.02. The number of hydrogen-bond donors (Lipinski definition) is 1. The first-order valence-corrected chi connectivity index (χ1v) is 4.35. The lowest BCUT2D eigenvalue weighted by Gasteiger charge is -2.47. The number of piperidine rings is 1. The molecule has 0 radical (unpaired) electrons. The van der Waals surface area contributed by atoms with E-state index < -0.39 is 0 Å². The largest absolute Gasteiger partial charge is 0.380 e. The van der Waals surface area contributed by atoms with E-state index in [0.717, 1.165) is 13.2 Å². The Bertz CT molecular complexity index is 145. The molecule has 0 bridgehead atoms. The second kappa shape index (κ2) is 2.73. The van der Waals surface area contributed by atoms with Crippen LogP contribution in [0.4, 0.5) is 0 Å². The van der Waals surface area contributed by atoms with Crippen molar-refractivity contribution in [1.29, 1.82) is 0 Å². The summed E-state index contributed by atoms with van der Waals surface area (Å²) in [5, 5.41) is 2.30. The summed E-state index contributed by atoms with van der Waals surface area (Å²) in [7, 11) is 2.00. The Morgan fingerprint density at radius 1 is 1.45 bits per heavy atom. The van der Waals surface area contributed by atoms with Crippen molar-refractivity contribution < 1.29 is 4.74 Å². The molecule has 2 aliphatic heterocycles. The third-order valence-corrected chi connectivity index (χ3v) is 2.79. The van der Waals surface area contributed by atoms with E-state index in [1.807, 2.05) is 7.05 Å². The molecule has 1 spiro atoms. The molecule has 2 fully saturated rings. The Labute approximate surface area is 67.7 Å². The molecule has 0 aromatic rings. The SMILES string of the molecule is CNN1CCCC2(COC2)C1. The van der Waals surface area contributed by atoms with Gasteiger partial charge in [0.15, 0.2) is 0 Å². The van der Waals surface area contributed by atoms with Crippen LogP contribution in [0.25, 0.3) is 0 Å². The predicted molar refractivity (Wildman–Crippen MR) is 43.1 cm³/mol. The molecule has 11 heavy (non-hydrogen) atoms. The number of hydrazine groups is 1. The second-order valence-corrected chi connectivity index (χ2v) is 3.74. The van der Waals surface area contributed by atoms with Crippen molar-refractivity contribution >= 4 is 0 Å². The summed E-state index contributed by atoms with van der Waals surface area (Å²) in [6.45, 7) is 4.32. The van der Waals surface area contributed by atoms with Crippen molar-refractivity contribution in [1.82, 2.24) is 10.4 Å². The topological polar surface area (TPSA) is 24.5 Å². The molecular weight excluding hydrogens is 140 g/mol. The number of ether oxygens (including phenoxy) is 1. The van der Waals surface area contributed by atoms with E-state index in [9.17, 15) is 0 Å². The van der Waals surface area contributed by atoms with Crippen molar-refractivity contribution in [2.45, 2.75) is 12.8 Å². The maximum Gasteiger partial charge on any atom is 0.0557 e. The Morgan fingerprint density at radius 3 is 2.82 bits per heavy atom. The van der Waals surface area contributed by atoms with E-state index in [0.29, 0.717) is 5.41 Å². The monoisotopic (exact) mass is 156 g/mol. The molecule has 0 aromatic heterocycles. The van der Waals surface area contributed by atoms with Gasteiger partial charge in [-0.1, -0.05) is 0 Å². The molecule has 0 unspecified atom stereocenters. The van der Waals surface area contributed by atoms with Gasteiger partial charge in [0.05, 0.1) is 13.2 Å². The van der Waals surface area contributed by atoms with E-state index in [4.69, 9.17) is 4.74 Å². The molecule has 2 saturated heterocycles. The summed E-state index contributed by atoms with van der Waals surface area (Å²) in [6, 6.07) is 0. The lowest BCUT2D eigenvalue weighted by atomic mass is 9.79. The van der Waals surface area contributed by atoms with Crippen LogP contribution in [0.5, 0.6) is 0 Å². The van der Waals surface area contributed by atoms with Crippen LogP contribution in [-0.4, -0.2) is 38.4 Å². The van der Waals surface area contributed by atoms with Gasteiger partial charge in [-0.3, -0.25) is 5.43 Å². The maximum absolute atomic E-state index is 5.25. The van der Waals surface area contributed by atoms with E-state index in [1.165, 1.54) is 25.9 Å². The predicted octanol–water partition coefficient (Wildman–Crippen LogP) is 0.233. The van der Waals surface area contributed by atoms with Crippen LogP contribution < -0.4 is 5.43 Å². The first-order chi connectivity index (χ1) is 5.35. The van der Waals surface area contributed by atoms with Gasteiger partial charge in [0.1, 0.15) is 0 Å². The van der Waals surface area contributed by atoms with E-state index >= 15 is 0 Å². The van der Waals surface area contributed by atoms with E-state index in [1.54, 1.807) is 0 Å². The Morgan fingerprint density at radius 2 is 2.27 bits per heavy atom. The van der Waals surface area contributed by atoms with Gasteiger partial charge in [-0.15, -0.1) is 0 Å². The highest BCUT2D eigenvalue weighted by atomic mass is 16.5. The molecular formula is C8H16N2O. The first kappa shape index (κ1) is 7.53. The van der Waals surface area contributed by atoms with Gasteiger partial charge in [0.2, 0.25) is 0 Å². The van der Waals surface area contributed by atoms with Gasteiger partial charge < -0.3 is 4.74 Å². The summed E-state index contributed by atoms with van der Waals surface area (Å²) in [5.74, 6) is 0. The van der Waals surface area contributed by atoms with Crippen LogP contribution in [0.15, 0.2) is 0 Å². The van der Waals surface area contributed by atoms with Crippen molar-refractivity contribution in [3.63, 3.8) is 0 Å². The number of hydrogen-bond acceptors (Lipinski definition) is 3. The van der Waals surface area contributed by atoms with Gasteiger partial charge in [0, 0.05) is 18.5 Å². The minimum absolute atomic E-state index is 0.515. The first-order valence-electron chi connectivity index (χ1n) is 4.35. The molecule has 0 aliphatic carbocycles. The van der Waals surface area contributed by atoms with E-state index in [2.05, 4.69) is 10.4 Å². The number of nitrogens with zero attached hydrogens (tertiary/aromatic N) is 1. The molecule has 0 atom stereocenters. The minimum Gasteiger partial charge on any atom is -0.380 e. The zero-order valence-electron chi connectivity index (χ0n) is 7.10. The van der Waals surface area contributed by atoms with Crippen molar-refractivity contribution in [3.05, 3.63) is 0 Å². The summed E-state index contributed by atoms with van der Waals surface area (Å²) < 4.78 is 5.25. The van der Waals surface area contributed by atoms with E-state index in [-0.39, 0.29) is 0 Å². The quantitative estimate of drug-likeness (QED) is 0.588. The molecule has 0 amide bonds. The van der Waals surface area contributed by atoms with Crippen LogP contribution in [0.1, 0.15) is 12.8 Å². The smallest absolute Gasteiger partial charge is 0.0557 e. The Balaban J connectivity index is 1.92. The summed E-state index contributed by atoms with van der Waals surface area (Å²) >= 11 is 0. The van der Waals surface area contributed by atoms with Crippen molar-refractivity contribution in [2.75, 3.05) is 33.4 Å². The number of rotatable bonds is 1. The molecule has 0 aromatic carbocycles. The molecule has 2 heterocycles. The highest BCUT2D eigenvalue weighted by Crippen LogP contribution is 2.36. The highest BCUT2D eigenvalue weighted by Gasteiger charge is 2.41. The summed E-state index contributed by atoms with van der Waals surface area (Å²) in [4.78, 5) is 0. The highest BCUT2D eigenvalue weighted by molar-refractivity contribution is 4.90. The molecule has 2 aliphatic rings. The third kappa shape index (κ3) is 1.28. The van der Waals surface area contributed by atoms with Crippen LogP contribution in [-0.2, 0) is 4.74 Å². The van der Waals surface area contributed by atoms with Crippen molar-refractivity contribution in [2.24, 2.45) is 5.41 Å². The van der Waals surface area contributed by atoms with Crippen LogP contribution in [0.3, 0.4) is 0 Å². The van der Waals surface area contributed by atoms with Crippen LogP contribution in [0, 0.1) is 5.41 Å². The summed E-state index contributed by atoms with van der Waals surface area (Å²) in [5.41, 5.74) is 3.72. The fraction of sp³-hybridized carbons (Fsp3) is 1.00. The normalized spacial score (nSPS) is 30.3. The molecule has 1 N–H and O–H groups in total. The van der Waals surface area contributed by atoms with Gasteiger partial charge in [-0.2, -0.15) is 0 Å². The standard InChI is InChI=1S/C8H16N2O/c1-9-10-4-2-3-8(5-10)6-11-7-8/h9H,2-7H2,1H3. The lowest BCUT2D eigenvalue weighted by molar-refractivity contribution is -0.149. The molecule has 64 valence electrons. The van der Waals surface area contributed by atoms with Crippen molar-refractivity contribution in [3.8, 4) is 0 Å².